The molecule has 2 atom stereocenters. The van der Waals surface area contributed by atoms with Crippen LogP contribution in [0.3, 0.4) is 0 Å². The Morgan fingerprint density at radius 3 is 2.61 bits per heavy atom. The SMILES string of the molecule is CC(=O)N1CCC(Nc2cc(C(=O)NCC(CN3CCc4ccccc4C3)NS(C)=O)ccn2)CC1. The smallest absolute Gasteiger partial charge is 0.251 e. The highest BCUT2D eigenvalue weighted by Gasteiger charge is 2.22. The molecule has 1 saturated heterocycles. The second kappa shape index (κ2) is 12.4. The van der Waals surface area contributed by atoms with E-state index in [4.69, 9.17) is 0 Å². The van der Waals surface area contributed by atoms with Crippen molar-refractivity contribution in [2.24, 2.45) is 0 Å². The second-order valence-electron chi connectivity index (χ2n) is 9.59. The molecule has 2 amide bonds. The number of amides is 2. The van der Waals surface area contributed by atoms with Crippen LogP contribution in [-0.2, 0) is 28.7 Å². The van der Waals surface area contributed by atoms with Gasteiger partial charge in [-0.05, 0) is 42.5 Å². The summed E-state index contributed by atoms with van der Waals surface area (Å²) in [5.41, 5.74) is 3.24. The number of carbonyl (C=O) groups is 2. The first-order chi connectivity index (χ1) is 17.4. The number of carbonyl (C=O) groups excluding carboxylic acids is 2. The Morgan fingerprint density at radius 1 is 1.14 bits per heavy atom. The third-order valence-electron chi connectivity index (χ3n) is 6.84. The maximum atomic E-state index is 12.9. The van der Waals surface area contributed by atoms with Crippen LogP contribution in [0.4, 0.5) is 5.82 Å². The van der Waals surface area contributed by atoms with E-state index in [9.17, 15) is 13.8 Å². The van der Waals surface area contributed by atoms with E-state index in [1.807, 2.05) is 4.90 Å². The minimum atomic E-state index is -1.19. The maximum Gasteiger partial charge on any atom is 0.251 e. The lowest BCUT2D eigenvalue weighted by Crippen LogP contribution is -2.49. The van der Waals surface area contributed by atoms with Gasteiger partial charge in [0, 0.05) is 76.3 Å². The van der Waals surface area contributed by atoms with Crippen LogP contribution in [0, 0.1) is 0 Å². The number of pyridine rings is 1. The summed E-state index contributed by atoms with van der Waals surface area (Å²) in [5.74, 6) is 0.569. The molecule has 3 N–H and O–H groups in total. The van der Waals surface area contributed by atoms with Crippen LogP contribution in [0.1, 0.15) is 41.3 Å². The van der Waals surface area contributed by atoms with Crippen molar-refractivity contribution in [2.45, 2.75) is 44.8 Å². The highest BCUT2D eigenvalue weighted by molar-refractivity contribution is 7.82. The van der Waals surface area contributed by atoms with Gasteiger partial charge in [0.15, 0.2) is 0 Å². The zero-order valence-corrected chi connectivity index (χ0v) is 21.9. The van der Waals surface area contributed by atoms with Gasteiger partial charge in [-0.2, -0.15) is 0 Å². The predicted octanol–water partition coefficient (Wildman–Crippen LogP) is 1.54. The standard InChI is InChI=1S/C26H36N6O3S/c1-19(33)32-13-9-23(10-14-32)29-25-15-21(7-11-27-25)26(34)28-16-24(30-36(2)35)18-31-12-8-20-5-3-4-6-22(20)17-31/h3-7,11,15,23-24,30H,8-10,12-14,16-18H2,1-2H3,(H,27,29)(H,28,34). The molecular formula is C26H36N6O3S. The van der Waals surface area contributed by atoms with Crippen LogP contribution in [0.25, 0.3) is 0 Å². The van der Waals surface area contributed by atoms with Crippen LogP contribution in [0.2, 0.25) is 0 Å². The van der Waals surface area contributed by atoms with Gasteiger partial charge in [-0.15, -0.1) is 0 Å². The Labute approximate surface area is 215 Å². The number of aromatic nitrogens is 1. The Kier molecular flexibility index (Phi) is 9.06. The number of anilines is 1. The molecule has 36 heavy (non-hydrogen) atoms. The number of likely N-dealkylation sites (tertiary alicyclic amines) is 1. The van der Waals surface area contributed by atoms with Crippen molar-refractivity contribution in [3.63, 3.8) is 0 Å². The van der Waals surface area contributed by atoms with Crippen molar-refractivity contribution in [3.8, 4) is 0 Å². The first kappa shape index (κ1) is 26.2. The van der Waals surface area contributed by atoms with Gasteiger partial charge in [0.25, 0.3) is 5.91 Å². The molecule has 10 heteroatoms. The summed E-state index contributed by atoms with van der Waals surface area (Å²) in [6.07, 6.45) is 5.93. The van der Waals surface area contributed by atoms with Crippen molar-refractivity contribution >= 4 is 28.6 Å². The van der Waals surface area contributed by atoms with Crippen LogP contribution >= 0.6 is 0 Å². The number of benzene rings is 1. The van der Waals surface area contributed by atoms with Gasteiger partial charge >= 0.3 is 0 Å². The van der Waals surface area contributed by atoms with Crippen LogP contribution in [0.15, 0.2) is 42.6 Å². The molecule has 1 aromatic heterocycles. The minimum Gasteiger partial charge on any atom is -0.367 e. The molecule has 0 radical (unpaired) electrons. The molecular weight excluding hydrogens is 476 g/mol. The number of hydrogen-bond acceptors (Lipinski definition) is 6. The van der Waals surface area contributed by atoms with Gasteiger partial charge in [-0.1, -0.05) is 24.3 Å². The molecule has 194 valence electrons. The molecule has 1 aromatic carbocycles. The van der Waals surface area contributed by atoms with E-state index in [0.29, 0.717) is 24.5 Å². The fraction of sp³-hybridized carbons (Fsp3) is 0.500. The highest BCUT2D eigenvalue weighted by atomic mass is 32.2. The Bertz CT molecular complexity index is 1090. The summed E-state index contributed by atoms with van der Waals surface area (Å²) in [6, 6.07) is 12.0. The quantitative estimate of drug-likeness (QED) is 0.471. The van der Waals surface area contributed by atoms with Crippen molar-refractivity contribution in [1.29, 1.82) is 0 Å². The van der Waals surface area contributed by atoms with E-state index < -0.39 is 11.0 Å². The Morgan fingerprint density at radius 2 is 1.89 bits per heavy atom. The molecule has 3 heterocycles. The molecule has 2 aromatic rings. The topological polar surface area (TPSA) is 107 Å². The molecule has 2 unspecified atom stereocenters. The van der Waals surface area contributed by atoms with E-state index in [1.54, 1.807) is 31.5 Å². The van der Waals surface area contributed by atoms with E-state index in [0.717, 1.165) is 45.4 Å². The summed E-state index contributed by atoms with van der Waals surface area (Å²) in [6.45, 7) is 5.89. The first-order valence-corrected chi connectivity index (χ1v) is 14.1. The zero-order valence-electron chi connectivity index (χ0n) is 21.0. The third-order valence-corrected chi connectivity index (χ3v) is 7.51. The van der Waals surface area contributed by atoms with Gasteiger partial charge in [-0.25, -0.2) is 13.9 Å². The average Bonchev–Trinajstić information content (AvgIpc) is 2.87. The predicted molar refractivity (Wildman–Crippen MR) is 142 cm³/mol. The molecule has 9 nitrogen and oxygen atoms in total. The zero-order chi connectivity index (χ0) is 25.5. The number of nitrogens with one attached hydrogen (secondary N) is 3. The highest BCUT2D eigenvalue weighted by Crippen LogP contribution is 2.19. The lowest BCUT2D eigenvalue weighted by Gasteiger charge is -2.32. The summed E-state index contributed by atoms with van der Waals surface area (Å²) in [7, 11) is -1.19. The summed E-state index contributed by atoms with van der Waals surface area (Å²) in [5, 5.41) is 6.40. The molecule has 0 spiro atoms. The van der Waals surface area contributed by atoms with E-state index >= 15 is 0 Å². The van der Waals surface area contributed by atoms with Crippen LogP contribution < -0.4 is 15.4 Å². The lowest BCUT2D eigenvalue weighted by molar-refractivity contribution is -0.129. The van der Waals surface area contributed by atoms with Gasteiger partial charge in [-0.3, -0.25) is 14.5 Å². The normalized spacial score (nSPS) is 18.2. The molecule has 2 aliphatic heterocycles. The van der Waals surface area contributed by atoms with E-state index in [1.165, 1.54) is 11.1 Å². The van der Waals surface area contributed by atoms with E-state index in [-0.39, 0.29) is 23.9 Å². The molecule has 0 bridgehead atoms. The average molecular weight is 513 g/mol. The summed E-state index contributed by atoms with van der Waals surface area (Å²) in [4.78, 5) is 33.0. The number of rotatable bonds is 9. The van der Waals surface area contributed by atoms with Crippen molar-refractivity contribution in [3.05, 3.63) is 59.3 Å². The number of hydrogen-bond donors (Lipinski definition) is 3. The largest absolute Gasteiger partial charge is 0.367 e. The van der Waals surface area contributed by atoms with E-state index in [2.05, 4.69) is 49.5 Å². The minimum absolute atomic E-state index is 0.107. The lowest BCUT2D eigenvalue weighted by atomic mass is 9.99. The number of fused-ring (bicyclic) bond motifs is 1. The molecule has 2 aliphatic rings. The fourth-order valence-electron chi connectivity index (χ4n) is 4.92. The maximum absolute atomic E-state index is 12.9. The Hall–Kier alpha value is -2.82. The van der Waals surface area contributed by atoms with Gasteiger partial charge < -0.3 is 15.5 Å². The number of piperidine rings is 1. The van der Waals surface area contributed by atoms with Crippen molar-refractivity contribution < 1.29 is 13.8 Å². The van der Waals surface area contributed by atoms with Crippen LogP contribution in [-0.4, -0.2) is 81.9 Å². The third kappa shape index (κ3) is 7.35. The van der Waals surface area contributed by atoms with Gasteiger partial charge in [0.05, 0.1) is 11.0 Å². The van der Waals surface area contributed by atoms with Crippen molar-refractivity contribution in [1.82, 2.24) is 24.8 Å². The fourth-order valence-corrected chi connectivity index (χ4v) is 5.54. The number of nitrogens with zero attached hydrogens (tertiary/aromatic N) is 3. The molecule has 0 saturated carbocycles. The summed E-state index contributed by atoms with van der Waals surface area (Å²) < 4.78 is 15.0. The van der Waals surface area contributed by atoms with Crippen LogP contribution in [0.5, 0.6) is 0 Å². The van der Waals surface area contributed by atoms with Crippen molar-refractivity contribution in [2.75, 3.05) is 44.3 Å². The molecule has 1 fully saturated rings. The summed E-state index contributed by atoms with van der Waals surface area (Å²) >= 11 is 0. The monoisotopic (exact) mass is 512 g/mol. The van der Waals surface area contributed by atoms with Gasteiger partial charge in [0.2, 0.25) is 5.91 Å². The molecule has 4 rings (SSSR count). The Balaban J connectivity index is 1.30. The molecule has 0 aliphatic carbocycles. The first-order valence-electron chi connectivity index (χ1n) is 12.5. The second-order valence-corrected chi connectivity index (χ2v) is 10.7. The van der Waals surface area contributed by atoms with Gasteiger partial charge in [0.1, 0.15) is 5.82 Å².